The van der Waals surface area contributed by atoms with E-state index in [4.69, 9.17) is 33.3 Å². The fraction of sp³-hybridized carbons (Fsp3) is 0.333. The van der Waals surface area contributed by atoms with Crippen LogP contribution >= 0.6 is 23.8 Å². The Balaban J connectivity index is 2.93. The summed E-state index contributed by atoms with van der Waals surface area (Å²) in [7, 11) is 3.02. The maximum Gasteiger partial charge on any atom is 0.225 e. The summed E-state index contributed by atoms with van der Waals surface area (Å²) in [4.78, 5) is 11.2. The van der Waals surface area contributed by atoms with Crippen molar-refractivity contribution in [1.82, 2.24) is 5.32 Å². The summed E-state index contributed by atoms with van der Waals surface area (Å²) in [5, 5.41) is 6.01. The first-order valence-corrected chi connectivity index (χ1v) is 6.32. The van der Waals surface area contributed by atoms with Crippen LogP contribution in [0, 0.1) is 0 Å². The number of thiocarbonyl (C=S) groups is 1. The molecule has 0 heterocycles. The van der Waals surface area contributed by atoms with Gasteiger partial charge < -0.3 is 20.1 Å². The number of carbonyl (C=O) groups is 1. The van der Waals surface area contributed by atoms with Crippen molar-refractivity contribution < 1.29 is 14.3 Å². The lowest BCUT2D eigenvalue weighted by molar-refractivity contribution is -0.119. The van der Waals surface area contributed by atoms with E-state index in [2.05, 4.69) is 10.6 Å². The van der Waals surface area contributed by atoms with E-state index in [9.17, 15) is 4.79 Å². The van der Waals surface area contributed by atoms with Gasteiger partial charge in [-0.15, -0.1) is 0 Å². The van der Waals surface area contributed by atoms with Crippen LogP contribution in [0.15, 0.2) is 12.1 Å². The zero-order chi connectivity index (χ0) is 14.4. The number of amides is 1. The molecule has 0 aliphatic carbocycles. The van der Waals surface area contributed by atoms with Gasteiger partial charge in [0.25, 0.3) is 0 Å². The summed E-state index contributed by atoms with van der Waals surface area (Å²) in [6, 6.07) is 3.25. The first-order valence-electron chi connectivity index (χ1n) is 5.54. The standard InChI is InChI=1S/C12H15ClN2O3S/c1-4-11(16)15-12(19)14-8-6-9(17-2)7(13)5-10(8)18-3/h5-6H,4H2,1-3H3,(H2,14,15,16,19). The topological polar surface area (TPSA) is 59.6 Å². The molecule has 5 nitrogen and oxygen atoms in total. The molecule has 2 N–H and O–H groups in total. The second-order valence-electron chi connectivity index (χ2n) is 3.54. The van der Waals surface area contributed by atoms with E-state index in [1.165, 1.54) is 14.2 Å². The van der Waals surface area contributed by atoms with Gasteiger partial charge in [0.05, 0.1) is 24.9 Å². The Hall–Kier alpha value is -1.53. The molecule has 104 valence electrons. The number of halogens is 1. The van der Waals surface area contributed by atoms with E-state index in [1.807, 2.05) is 0 Å². The minimum atomic E-state index is -0.169. The molecule has 0 spiro atoms. The molecule has 0 saturated heterocycles. The molecule has 1 aromatic rings. The highest BCUT2D eigenvalue weighted by Gasteiger charge is 2.11. The van der Waals surface area contributed by atoms with Crippen LogP contribution in [0.4, 0.5) is 5.69 Å². The van der Waals surface area contributed by atoms with Crippen LogP contribution in [0.2, 0.25) is 5.02 Å². The van der Waals surface area contributed by atoms with Gasteiger partial charge in [0, 0.05) is 18.6 Å². The van der Waals surface area contributed by atoms with Gasteiger partial charge in [0.1, 0.15) is 11.5 Å². The Bertz CT molecular complexity index is 494. The predicted molar refractivity (Wildman–Crippen MR) is 79.2 cm³/mol. The van der Waals surface area contributed by atoms with E-state index >= 15 is 0 Å². The number of nitrogens with one attached hydrogen (secondary N) is 2. The Morgan fingerprint density at radius 1 is 1.32 bits per heavy atom. The molecule has 0 aromatic heterocycles. The number of hydrogen-bond acceptors (Lipinski definition) is 4. The zero-order valence-corrected chi connectivity index (χ0v) is 12.4. The van der Waals surface area contributed by atoms with Gasteiger partial charge in [-0.1, -0.05) is 18.5 Å². The second kappa shape index (κ2) is 7.16. The molecule has 1 amide bonds. The summed E-state index contributed by atoms with van der Waals surface area (Å²) in [6.07, 6.45) is 0.350. The average Bonchev–Trinajstić information content (AvgIpc) is 2.39. The zero-order valence-electron chi connectivity index (χ0n) is 10.9. The summed E-state index contributed by atoms with van der Waals surface area (Å²) in [6.45, 7) is 1.74. The molecule has 1 aromatic carbocycles. The molecule has 0 radical (unpaired) electrons. The third-order valence-electron chi connectivity index (χ3n) is 2.30. The maximum absolute atomic E-state index is 11.2. The average molecular weight is 303 g/mol. The lowest BCUT2D eigenvalue weighted by Crippen LogP contribution is -2.33. The fourth-order valence-electron chi connectivity index (χ4n) is 1.33. The molecule has 0 saturated carbocycles. The highest BCUT2D eigenvalue weighted by Crippen LogP contribution is 2.35. The predicted octanol–water partition coefficient (Wildman–Crippen LogP) is 2.58. The van der Waals surface area contributed by atoms with Crippen LogP contribution in [0.5, 0.6) is 11.5 Å². The minimum absolute atomic E-state index is 0.169. The lowest BCUT2D eigenvalue weighted by Gasteiger charge is -2.14. The van der Waals surface area contributed by atoms with Crippen molar-refractivity contribution in [2.45, 2.75) is 13.3 Å². The number of anilines is 1. The van der Waals surface area contributed by atoms with Crippen molar-refractivity contribution in [1.29, 1.82) is 0 Å². The summed E-state index contributed by atoms with van der Waals surface area (Å²) in [5.74, 6) is 0.811. The quantitative estimate of drug-likeness (QED) is 0.837. The molecule has 0 bridgehead atoms. The largest absolute Gasteiger partial charge is 0.495 e. The molecule has 0 atom stereocenters. The minimum Gasteiger partial charge on any atom is -0.495 e. The van der Waals surface area contributed by atoms with Crippen LogP contribution in [0.1, 0.15) is 13.3 Å². The van der Waals surface area contributed by atoms with E-state index in [1.54, 1.807) is 19.1 Å². The van der Waals surface area contributed by atoms with Crippen LogP contribution in [-0.4, -0.2) is 25.2 Å². The van der Waals surface area contributed by atoms with Crippen molar-refractivity contribution in [3.05, 3.63) is 17.2 Å². The summed E-state index contributed by atoms with van der Waals surface area (Å²) in [5.41, 5.74) is 0.560. The Kier molecular flexibility index (Phi) is 5.85. The van der Waals surface area contributed by atoms with Crippen LogP contribution < -0.4 is 20.1 Å². The summed E-state index contributed by atoms with van der Waals surface area (Å²) >= 11 is 11.0. The Morgan fingerprint density at radius 2 is 1.95 bits per heavy atom. The number of methoxy groups -OCH3 is 2. The Morgan fingerprint density at radius 3 is 2.47 bits per heavy atom. The molecule has 0 fully saturated rings. The van der Waals surface area contributed by atoms with Crippen LogP contribution in [-0.2, 0) is 4.79 Å². The molecule has 19 heavy (non-hydrogen) atoms. The number of ether oxygens (including phenoxy) is 2. The van der Waals surface area contributed by atoms with Crippen molar-refractivity contribution in [3.63, 3.8) is 0 Å². The highest BCUT2D eigenvalue weighted by molar-refractivity contribution is 7.80. The smallest absolute Gasteiger partial charge is 0.225 e. The second-order valence-corrected chi connectivity index (χ2v) is 4.36. The third-order valence-corrected chi connectivity index (χ3v) is 2.80. The van der Waals surface area contributed by atoms with Crippen molar-refractivity contribution in [2.75, 3.05) is 19.5 Å². The molecular formula is C12H15ClN2O3S. The number of hydrogen-bond donors (Lipinski definition) is 2. The number of carbonyl (C=O) groups excluding carboxylic acids is 1. The first kappa shape index (κ1) is 15.5. The molecule has 0 aliphatic rings. The van der Waals surface area contributed by atoms with Crippen molar-refractivity contribution in [2.24, 2.45) is 0 Å². The van der Waals surface area contributed by atoms with Crippen LogP contribution in [0.3, 0.4) is 0 Å². The van der Waals surface area contributed by atoms with Gasteiger partial charge in [0.15, 0.2) is 5.11 Å². The van der Waals surface area contributed by atoms with Gasteiger partial charge in [-0.25, -0.2) is 0 Å². The van der Waals surface area contributed by atoms with Gasteiger partial charge in [-0.3, -0.25) is 4.79 Å². The molecular weight excluding hydrogens is 288 g/mol. The monoisotopic (exact) mass is 302 g/mol. The van der Waals surface area contributed by atoms with Gasteiger partial charge in [0.2, 0.25) is 5.91 Å². The lowest BCUT2D eigenvalue weighted by atomic mass is 10.2. The third kappa shape index (κ3) is 4.25. The van der Waals surface area contributed by atoms with Crippen molar-refractivity contribution >= 4 is 40.5 Å². The fourth-order valence-corrected chi connectivity index (χ4v) is 1.78. The van der Waals surface area contributed by atoms with Crippen molar-refractivity contribution in [3.8, 4) is 11.5 Å². The van der Waals surface area contributed by atoms with E-state index in [0.29, 0.717) is 28.6 Å². The number of benzene rings is 1. The first-order chi connectivity index (χ1) is 9.01. The molecule has 0 aliphatic heterocycles. The maximum atomic E-state index is 11.2. The molecule has 0 unspecified atom stereocenters. The normalized spacial score (nSPS) is 9.68. The summed E-state index contributed by atoms with van der Waals surface area (Å²) < 4.78 is 10.3. The molecule has 7 heteroatoms. The SMILES string of the molecule is CCC(=O)NC(=S)Nc1cc(OC)c(Cl)cc1OC. The van der Waals surface area contributed by atoms with Gasteiger partial charge >= 0.3 is 0 Å². The van der Waals surface area contributed by atoms with Gasteiger partial charge in [-0.2, -0.15) is 0 Å². The van der Waals surface area contributed by atoms with Gasteiger partial charge in [-0.05, 0) is 12.2 Å². The van der Waals surface area contributed by atoms with E-state index < -0.39 is 0 Å². The Labute approximate surface area is 122 Å². The van der Waals surface area contributed by atoms with E-state index in [0.717, 1.165) is 0 Å². The van der Waals surface area contributed by atoms with E-state index in [-0.39, 0.29) is 11.0 Å². The highest BCUT2D eigenvalue weighted by atomic mass is 35.5. The molecule has 1 rings (SSSR count). The number of rotatable bonds is 4. The van der Waals surface area contributed by atoms with Crippen LogP contribution in [0.25, 0.3) is 0 Å².